The Hall–Kier alpha value is -2.42. The van der Waals surface area contributed by atoms with E-state index >= 15 is 0 Å². The number of hydrogen-bond donors (Lipinski definition) is 3. The zero-order chi connectivity index (χ0) is 39.1. The fourth-order valence-electron chi connectivity index (χ4n) is 10.4. The molecule has 4 saturated heterocycles. The first-order valence-corrected chi connectivity index (χ1v) is 20.7. The molecule has 2 bridgehead atoms. The first-order valence-electron chi connectivity index (χ1n) is 20.7. The number of fused-ring (bicyclic) bond motifs is 2. The molecule has 0 radical (unpaired) electrons. The molecule has 12 nitrogen and oxygen atoms in total. The van der Waals surface area contributed by atoms with Gasteiger partial charge in [-0.3, -0.25) is 4.79 Å². The molecule has 2 aliphatic carbocycles. The third-order valence-corrected chi connectivity index (χ3v) is 13.6. The number of ether oxygens (including phenoxy) is 7. The van der Waals surface area contributed by atoms with Crippen molar-refractivity contribution >= 4 is 11.7 Å². The molecule has 55 heavy (non-hydrogen) atoms. The lowest BCUT2D eigenvalue weighted by Gasteiger charge is -2.51. The van der Waals surface area contributed by atoms with E-state index in [-0.39, 0.29) is 30.4 Å². The maximum Gasteiger partial charge on any atom is 0.316 e. The van der Waals surface area contributed by atoms with Crippen molar-refractivity contribution in [1.82, 2.24) is 0 Å². The molecule has 1 spiro atoms. The highest BCUT2D eigenvalue weighted by atomic mass is 16.7. The molecule has 3 N–H and O–H groups in total. The van der Waals surface area contributed by atoms with Gasteiger partial charge in [-0.2, -0.15) is 0 Å². The van der Waals surface area contributed by atoms with Crippen LogP contribution in [0.1, 0.15) is 105 Å². The second kappa shape index (κ2) is 16.8. The average Bonchev–Trinajstić information content (AvgIpc) is 3.50. The van der Waals surface area contributed by atoms with Crippen LogP contribution < -0.4 is 0 Å². The van der Waals surface area contributed by atoms with Gasteiger partial charge in [0.15, 0.2) is 12.1 Å². The van der Waals surface area contributed by atoms with Crippen LogP contribution in [0.2, 0.25) is 0 Å². The molecule has 0 aromatic heterocycles. The number of aliphatic hydroxyl groups is 2. The molecule has 0 unspecified atom stereocenters. The number of aliphatic hydroxyl groups excluding tert-OH is 1. The summed E-state index contributed by atoms with van der Waals surface area (Å²) in [6.07, 6.45) is 14.4. The summed E-state index contributed by atoms with van der Waals surface area (Å²) in [6, 6.07) is 0. The molecular weight excluding hydrogens is 706 g/mol. The molecule has 0 aromatic rings. The number of esters is 1. The van der Waals surface area contributed by atoms with E-state index in [1.807, 2.05) is 19.1 Å². The molecule has 5 fully saturated rings. The number of hydrogen-bond acceptors (Lipinski definition) is 12. The van der Waals surface area contributed by atoms with Gasteiger partial charge in [-0.15, -0.1) is 0 Å². The van der Waals surface area contributed by atoms with Crippen LogP contribution in [0, 0.1) is 23.7 Å². The number of rotatable bonds is 4. The molecule has 7 aliphatic rings. The Morgan fingerprint density at radius 3 is 2.55 bits per heavy atom. The smallest absolute Gasteiger partial charge is 0.316 e. The van der Waals surface area contributed by atoms with Gasteiger partial charge in [0.2, 0.25) is 0 Å². The number of nitrogens with zero attached hydrogens (tertiary/aromatic N) is 1. The highest BCUT2D eigenvalue weighted by Gasteiger charge is 2.60. The molecule has 1 saturated carbocycles. The lowest BCUT2D eigenvalue weighted by Crippen LogP contribution is -2.57. The van der Waals surface area contributed by atoms with E-state index in [2.05, 4.69) is 32.0 Å². The van der Waals surface area contributed by atoms with Gasteiger partial charge in [0, 0.05) is 38.7 Å². The van der Waals surface area contributed by atoms with Crippen molar-refractivity contribution < 1.29 is 53.4 Å². The predicted octanol–water partition coefficient (Wildman–Crippen LogP) is 6.07. The van der Waals surface area contributed by atoms with Crippen LogP contribution in [-0.2, 0) is 38.0 Å². The van der Waals surface area contributed by atoms with Crippen molar-refractivity contribution in [2.75, 3.05) is 13.7 Å². The van der Waals surface area contributed by atoms with Crippen LogP contribution in [0.5, 0.6) is 0 Å². The van der Waals surface area contributed by atoms with E-state index in [0.29, 0.717) is 55.1 Å². The maximum absolute atomic E-state index is 14.4. The van der Waals surface area contributed by atoms with Crippen molar-refractivity contribution in [3.63, 3.8) is 0 Å². The van der Waals surface area contributed by atoms with Gasteiger partial charge in [-0.1, -0.05) is 68.6 Å². The predicted molar refractivity (Wildman–Crippen MR) is 203 cm³/mol. The van der Waals surface area contributed by atoms with Gasteiger partial charge in [0.05, 0.1) is 37.1 Å². The van der Waals surface area contributed by atoms with E-state index in [4.69, 9.17) is 33.2 Å². The zero-order valence-corrected chi connectivity index (χ0v) is 33.4. The van der Waals surface area contributed by atoms with Crippen LogP contribution in [0.3, 0.4) is 0 Å². The standard InChI is InChI=1S/C43H63NO11/c1-24-11-10-14-30-23-50-40-36(44-48)27(4)19-33(43(30,40)47)41(46)52-32-20-31(16-15-25(2)38(24)53-35-21-34(49-6)37(45)28(5)51-35)54-42(22-32)18-17-26(3)39(55-42)29-12-8-7-9-13-29/h10-11,14-15,19,24,26,28-29,31-35,37-40,45,47-48H,7-9,12-13,16-18,20-23H2,1-6H3/b11-10+,25-15+,30-14+,44-36-/t24-,26-,28-,31-,32-,33-,34+,35-,37-,38-,39+,40-,42+,43-/m0/s1. The van der Waals surface area contributed by atoms with Gasteiger partial charge in [0.1, 0.15) is 35.5 Å². The molecule has 0 amide bonds. The van der Waals surface area contributed by atoms with Crippen molar-refractivity contribution in [3.8, 4) is 0 Å². The summed E-state index contributed by atoms with van der Waals surface area (Å²) in [5.41, 5.74) is 0.362. The van der Waals surface area contributed by atoms with E-state index in [0.717, 1.165) is 24.8 Å². The van der Waals surface area contributed by atoms with Gasteiger partial charge < -0.3 is 48.6 Å². The summed E-state index contributed by atoms with van der Waals surface area (Å²) in [6.45, 7) is 10.0. The van der Waals surface area contributed by atoms with Gasteiger partial charge in [-0.05, 0) is 75.0 Å². The summed E-state index contributed by atoms with van der Waals surface area (Å²) in [5.74, 6) is -1.83. The highest BCUT2D eigenvalue weighted by Crippen LogP contribution is 2.48. The minimum absolute atomic E-state index is 0.0359. The molecular formula is C43H63NO11. The van der Waals surface area contributed by atoms with Gasteiger partial charge in [-0.25, -0.2) is 0 Å². The maximum atomic E-state index is 14.4. The molecule has 306 valence electrons. The monoisotopic (exact) mass is 769 g/mol. The van der Waals surface area contributed by atoms with Crippen LogP contribution in [0.25, 0.3) is 0 Å². The molecule has 5 aliphatic heterocycles. The van der Waals surface area contributed by atoms with Gasteiger partial charge >= 0.3 is 5.97 Å². The third-order valence-electron chi connectivity index (χ3n) is 13.6. The van der Waals surface area contributed by atoms with Crippen LogP contribution in [0.15, 0.2) is 52.3 Å². The second-order valence-corrected chi connectivity index (χ2v) is 17.4. The number of methoxy groups -OCH3 is 1. The summed E-state index contributed by atoms with van der Waals surface area (Å²) < 4.78 is 45.1. The Morgan fingerprint density at radius 1 is 1.02 bits per heavy atom. The Labute approximate surface area is 325 Å². The number of oxime groups is 1. The molecule has 5 heterocycles. The summed E-state index contributed by atoms with van der Waals surface area (Å²) in [7, 11) is 1.59. The molecule has 0 aromatic carbocycles. The quantitative estimate of drug-likeness (QED) is 0.132. The van der Waals surface area contributed by atoms with Crippen molar-refractivity contribution in [2.45, 2.75) is 172 Å². The zero-order valence-electron chi connectivity index (χ0n) is 33.4. The van der Waals surface area contributed by atoms with Crippen molar-refractivity contribution in [2.24, 2.45) is 28.8 Å². The Kier molecular flexibility index (Phi) is 12.5. The van der Waals surface area contributed by atoms with Crippen molar-refractivity contribution in [3.05, 3.63) is 47.1 Å². The Balaban J connectivity index is 1.25. The largest absolute Gasteiger partial charge is 0.462 e. The normalized spacial score (nSPS) is 47.9. The number of carbonyl (C=O) groups excluding carboxylic acids is 1. The lowest BCUT2D eigenvalue weighted by atomic mass is 9.71. The fourth-order valence-corrected chi connectivity index (χ4v) is 10.4. The second-order valence-electron chi connectivity index (χ2n) is 17.4. The summed E-state index contributed by atoms with van der Waals surface area (Å²) in [4.78, 5) is 14.4. The first kappa shape index (κ1) is 40.8. The van der Waals surface area contributed by atoms with Crippen LogP contribution in [0.4, 0.5) is 0 Å². The first-order chi connectivity index (χ1) is 26.4. The fraction of sp³-hybridized carbons (Fsp3) is 0.767. The summed E-state index contributed by atoms with van der Waals surface area (Å²) >= 11 is 0. The Morgan fingerprint density at radius 2 is 1.80 bits per heavy atom. The summed E-state index contributed by atoms with van der Waals surface area (Å²) in [5, 5.41) is 36.7. The SMILES string of the molecule is CO[C@@H]1C[C@H](O[C@@H]2/C(C)=C/C[C@H]3C[C@@H](C[C@]4(CC[C@H](C)[C@H](C5CCCCC5)O4)O3)OC(=O)[C@@H]3C=C(C)/C(=N/O)[C@@H]4OC/C(=C\C=C\[C@@H]2C)[C@]34O)O[C@@H](C)[C@@H]1O. The van der Waals surface area contributed by atoms with E-state index in [9.17, 15) is 20.2 Å². The highest BCUT2D eigenvalue weighted by molar-refractivity contribution is 6.06. The number of allylic oxidation sites excluding steroid dienone is 2. The molecule has 14 atom stereocenters. The van der Waals surface area contributed by atoms with E-state index < -0.39 is 66.2 Å². The number of carbonyl (C=O) groups is 1. The van der Waals surface area contributed by atoms with Crippen LogP contribution >= 0.6 is 0 Å². The Bertz CT molecular complexity index is 1550. The lowest BCUT2D eigenvalue weighted by molar-refractivity contribution is -0.342. The van der Waals surface area contributed by atoms with Crippen LogP contribution in [-0.4, -0.2) is 107 Å². The minimum Gasteiger partial charge on any atom is -0.462 e. The van der Waals surface area contributed by atoms with E-state index in [1.54, 1.807) is 26.2 Å². The minimum atomic E-state index is -1.83. The average molecular weight is 770 g/mol. The van der Waals surface area contributed by atoms with Gasteiger partial charge in [0.25, 0.3) is 0 Å². The third kappa shape index (κ3) is 8.17. The topological polar surface area (TPSA) is 155 Å². The van der Waals surface area contributed by atoms with E-state index in [1.165, 1.54) is 19.3 Å². The molecule has 7 rings (SSSR count). The molecule has 12 heteroatoms. The van der Waals surface area contributed by atoms with Crippen molar-refractivity contribution in [1.29, 1.82) is 0 Å².